The highest BCUT2D eigenvalue weighted by molar-refractivity contribution is 6.00. The molecule has 4 N–H and O–H groups in total. The fourth-order valence-electron chi connectivity index (χ4n) is 2.80. The zero-order valence-corrected chi connectivity index (χ0v) is 17.1. The summed E-state index contributed by atoms with van der Waals surface area (Å²) in [5.41, 5.74) is 0.782. The van der Waals surface area contributed by atoms with Gasteiger partial charge in [-0.1, -0.05) is 6.07 Å². The number of aliphatic hydroxyl groups excluding tert-OH is 1. The van der Waals surface area contributed by atoms with Gasteiger partial charge in [-0.05, 0) is 23.8 Å². The highest BCUT2D eigenvalue weighted by atomic mass is 16.6. The summed E-state index contributed by atoms with van der Waals surface area (Å²) in [6.07, 6.45) is 0.483. The first-order valence-electron chi connectivity index (χ1n) is 9.25. The summed E-state index contributed by atoms with van der Waals surface area (Å²) in [4.78, 5) is 33.9. The number of nitrogens with one attached hydrogen (secondary N) is 3. The number of carbonyl (C=O) groups excluding carboxylic acids is 2. The summed E-state index contributed by atoms with van der Waals surface area (Å²) in [6.45, 7) is -0.0916. The third-order valence-electron chi connectivity index (χ3n) is 4.39. The van der Waals surface area contributed by atoms with E-state index in [0.29, 0.717) is 17.9 Å². The van der Waals surface area contributed by atoms with Crippen LogP contribution in [-0.2, 0) is 11.3 Å². The molecule has 166 valence electrons. The first-order chi connectivity index (χ1) is 14.9. The number of amides is 2. The second kappa shape index (κ2) is 11.4. The number of nitro groups is 1. The lowest BCUT2D eigenvalue weighted by Gasteiger charge is -2.19. The van der Waals surface area contributed by atoms with Crippen LogP contribution in [0.5, 0.6) is 11.5 Å². The van der Waals surface area contributed by atoms with Gasteiger partial charge in [0.05, 0.1) is 37.4 Å². The molecule has 0 aliphatic carbocycles. The van der Waals surface area contributed by atoms with E-state index in [-0.39, 0.29) is 36.6 Å². The molecule has 1 atom stereocenters. The van der Waals surface area contributed by atoms with Crippen LogP contribution < -0.4 is 25.4 Å². The van der Waals surface area contributed by atoms with Crippen molar-refractivity contribution >= 4 is 23.7 Å². The minimum absolute atomic E-state index is 0.0271. The zero-order chi connectivity index (χ0) is 22.8. The number of hydrogen-bond acceptors (Lipinski definition) is 8. The Labute approximate surface area is 178 Å². The zero-order valence-electron chi connectivity index (χ0n) is 17.1. The van der Waals surface area contributed by atoms with Crippen LogP contribution in [-0.4, -0.2) is 55.8 Å². The Morgan fingerprint density at radius 3 is 2.55 bits per heavy atom. The molecule has 0 radical (unpaired) electrons. The molecular formula is C20H24N4O7. The highest BCUT2D eigenvalue weighted by Gasteiger charge is 2.19. The van der Waals surface area contributed by atoms with Gasteiger partial charge in [0, 0.05) is 30.9 Å². The molecule has 0 aliphatic heterocycles. The van der Waals surface area contributed by atoms with Crippen molar-refractivity contribution in [1.29, 1.82) is 0 Å². The van der Waals surface area contributed by atoms with Crippen molar-refractivity contribution in [1.82, 2.24) is 10.6 Å². The summed E-state index contributed by atoms with van der Waals surface area (Å²) in [7, 11) is 3.01. The fourth-order valence-corrected chi connectivity index (χ4v) is 2.80. The topological polar surface area (TPSA) is 152 Å². The summed E-state index contributed by atoms with van der Waals surface area (Å²) in [5.74, 6) is 0.489. The van der Waals surface area contributed by atoms with E-state index in [4.69, 9.17) is 9.47 Å². The van der Waals surface area contributed by atoms with Crippen molar-refractivity contribution < 1.29 is 29.1 Å². The van der Waals surface area contributed by atoms with E-state index in [1.54, 1.807) is 18.2 Å². The van der Waals surface area contributed by atoms with Gasteiger partial charge in [0.25, 0.3) is 11.6 Å². The Kier molecular flexibility index (Phi) is 8.58. The maximum Gasteiger partial charge on any atom is 0.270 e. The number of anilines is 1. The fraction of sp³-hybridized carbons (Fsp3) is 0.300. The van der Waals surface area contributed by atoms with E-state index in [9.17, 15) is 24.8 Å². The number of nitro benzene ring substituents is 1. The molecule has 0 heterocycles. The lowest BCUT2D eigenvalue weighted by Crippen LogP contribution is -2.36. The van der Waals surface area contributed by atoms with E-state index >= 15 is 0 Å². The number of carbonyl (C=O) groups is 2. The van der Waals surface area contributed by atoms with E-state index < -0.39 is 16.9 Å². The number of aliphatic hydroxyl groups is 1. The van der Waals surface area contributed by atoms with Gasteiger partial charge < -0.3 is 30.5 Å². The summed E-state index contributed by atoms with van der Waals surface area (Å²) < 4.78 is 10.4. The normalized spacial score (nSPS) is 11.2. The predicted molar refractivity (Wildman–Crippen MR) is 112 cm³/mol. The first kappa shape index (κ1) is 23.4. The molecule has 2 aromatic carbocycles. The van der Waals surface area contributed by atoms with Crippen molar-refractivity contribution in [2.45, 2.75) is 12.6 Å². The van der Waals surface area contributed by atoms with E-state index in [1.165, 1.54) is 26.4 Å². The lowest BCUT2D eigenvalue weighted by molar-refractivity contribution is -0.384. The number of nitrogens with zero attached hydrogens (tertiary/aromatic N) is 1. The molecule has 11 nitrogen and oxygen atoms in total. The van der Waals surface area contributed by atoms with Crippen LogP contribution in [0.25, 0.3) is 0 Å². The number of ether oxygens (including phenoxy) is 2. The Hall–Kier alpha value is -3.86. The number of non-ortho nitro benzene ring substituents is 1. The maximum atomic E-state index is 12.8. The molecule has 0 bridgehead atoms. The van der Waals surface area contributed by atoms with Crippen LogP contribution in [0.2, 0.25) is 0 Å². The van der Waals surface area contributed by atoms with Crippen LogP contribution in [0.15, 0.2) is 36.4 Å². The van der Waals surface area contributed by atoms with Gasteiger partial charge in [-0.3, -0.25) is 19.7 Å². The van der Waals surface area contributed by atoms with Crippen molar-refractivity contribution in [3.8, 4) is 11.5 Å². The predicted octanol–water partition coefficient (Wildman–Crippen LogP) is 1.06. The molecule has 2 aromatic rings. The molecule has 2 rings (SSSR count). The van der Waals surface area contributed by atoms with Crippen molar-refractivity contribution in [2.24, 2.45) is 0 Å². The van der Waals surface area contributed by atoms with E-state index in [1.807, 2.05) is 0 Å². The van der Waals surface area contributed by atoms with Gasteiger partial charge in [-0.15, -0.1) is 0 Å². The van der Waals surface area contributed by atoms with Crippen molar-refractivity contribution in [3.63, 3.8) is 0 Å². The maximum absolute atomic E-state index is 12.8. The number of rotatable bonds is 12. The largest absolute Gasteiger partial charge is 0.493 e. The molecule has 0 aromatic heterocycles. The Bertz CT molecular complexity index is 936. The van der Waals surface area contributed by atoms with Crippen LogP contribution >= 0.6 is 0 Å². The minimum Gasteiger partial charge on any atom is -0.493 e. The number of benzene rings is 2. The Morgan fingerprint density at radius 2 is 1.94 bits per heavy atom. The van der Waals surface area contributed by atoms with Gasteiger partial charge in [-0.2, -0.15) is 0 Å². The van der Waals surface area contributed by atoms with Crippen LogP contribution in [0.4, 0.5) is 11.4 Å². The SMILES string of the molecule is COc1ccc(CNC(=O)c2cc([N+](=O)[O-])ccc2N[C@H](CO)CNC=O)cc1OC. The van der Waals surface area contributed by atoms with Crippen LogP contribution in [0.3, 0.4) is 0 Å². The number of methoxy groups -OCH3 is 2. The van der Waals surface area contributed by atoms with Crippen molar-refractivity contribution in [3.05, 3.63) is 57.6 Å². The molecule has 2 amide bonds. The molecular weight excluding hydrogens is 408 g/mol. The third-order valence-corrected chi connectivity index (χ3v) is 4.39. The molecule has 0 saturated heterocycles. The van der Waals surface area contributed by atoms with Crippen LogP contribution in [0, 0.1) is 10.1 Å². The summed E-state index contributed by atoms with van der Waals surface area (Å²) in [5, 5.41) is 28.7. The summed E-state index contributed by atoms with van der Waals surface area (Å²) in [6, 6.07) is 8.34. The van der Waals surface area contributed by atoms with Gasteiger partial charge in [0.2, 0.25) is 6.41 Å². The van der Waals surface area contributed by atoms with Crippen molar-refractivity contribution in [2.75, 3.05) is 32.7 Å². The molecule has 0 fully saturated rings. The molecule has 31 heavy (non-hydrogen) atoms. The van der Waals surface area contributed by atoms with E-state index in [2.05, 4.69) is 16.0 Å². The lowest BCUT2D eigenvalue weighted by atomic mass is 10.1. The third kappa shape index (κ3) is 6.31. The average Bonchev–Trinajstić information content (AvgIpc) is 2.79. The Morgan fingerprint density at radius 1 is 1.19 bits per heavy atom. The molecule has 0 saturated carbocycles. The van der Waals surface area contributed by atoms with Gasteiger partial charge in [-0.25, -0.2) is 0 Å². The minimum atomic E-state index is -0.605. The summed E-state index contributed by atoms with van der Waals surface area (Å²) >= 11 is 0. The first-order valence-corrected chi connectivity index (χ1v) is 9.25. The Balaban J connectivity index is 2.23. The standard InChI is InChI=1S/C20H24N4O7/c1-30-18-6-3-13(7-19(18)31-2)9-22-20(27)16-8-15(24(28)29)4-5-17(16)23-14(11-25)10-21-12-26/h3-8,12,14,23,25H,9-11H2,1-2H3,(H,21,26)(H,22,27)/t14-/m0/s1. The second-order valence-electron chi connectivity index (χ2n) is 6.41. The smallest absolute Gasteiger partial charge is 0.270 e. The monoisotopic (exact) mass is 432 g/mol. The van der Waals surface area contributed by atoms with E-state index in [0.717, 1.165) is 11.6 Å². The number of hydrogen-bond donors (Lipinski definition) is 4. The molecule has 0 aliphatic rings. The van der Waals surface area contributed by atoms with Gasteiger partial charge in [0.1, 0.15) is 0 Å². The molecule has 0 unspecified atom stereocenters. The molecule has 0 spiro atoms. The quantitative estimate of drug-likeness (QED) is 0.221. The highest BCUT2D eigenvalue weighted by Crippen LogP contribution is 2.28. The van der Waals surface area contributed by atoms with Gasteiger partial charge >= 0.3 is 0 Å². The second-order valence-corrected chi connectivity index (χ2v) is 6.41. The van der Waals surface area contributed by atoms with Gasteiger partial charge in [0.15, 0.2) is 11.5 Å². The van der Waals surface area contributed by atoms with Crippen LogP contribution in [0.1, 0.15) is 15.9 Å². The molecule has 11 heteroatoms. The average molecular weight is 432 g/mol.